The molecule has 0 spiro atoms. The van der Waals surface area contributed by atoms with E-state index in [0.29, 0.717) is 19.1 Å². The molecular formula is C12H24N2O3. The first-order valence-electron chi connectivity index (χ1n) is 6.05. The number of likely N-dealkylation sites (tertiary alicyclic amines) is 1. The first-order valence-corrected chi connectivity index (χ1v) is 6.05. The molecule has 1 saturated heterocycles. The smallest absolute Gasteiger partial charge is 0.410 e. The number of nitrogens with one attached hydrogen (secondary N) is 1. The molecule has 0 radical (unpaired) electrons. The van der Waals surface area contributed by atoms with Gasteiger partial charge in [-0.05, 0) is 34.2 Å². The van der Waals surface area contributed by atoms with Gasteiger partial charge in [-0.3, -0.25) is 0 Å². The number of hydrogen-bond acceptors (Lipinski definition) is 4. The molecule has 5 heteroatoms. The van der Waals surface area contributed by atoms with Crippen LogP contribution in [-0.4, -0.2) is 56.0 Å². The van der Waals surface area contributed by atoms with Gasteiger partial charge in [0.15, 0.2) is 0 Å². The standard InChI is InChI=1S/C12H24N2O3/c1-12(2,3)17-11(15)14-7-6-9(13-4)10(8-14)16-5/h9-10,13H,6-8H2,1-5H3. The van der Waals surface area contributed by atoms with Crippen molar-refractivity contribution in [1.29, 1.82) is 0 Å². The summed E-state index contributed by atoms with van der Waals surface area (Å²) in [5.41, 5.74) is -0.445. The highest BCUT2D eigenvalue weighted by Gasteiger charge is 2.32. The zero-order valence-corrected chi connectivity index (χ0v) is 11.4. The molecule has 1 heterocycles. The molecule has 0 aliphatic carbocycles. The van der Waals surface area contributed by atoms with Crippen LogP contribution in [0.25, 0.3) is 0 Å². The number of hydrogen-bond donors (Lipinski definition) is 1. The molecule has 100 valence electrons. The average Bonchev–Trinajstić information content (AvgIpc) is 2.25. The minimum Gasteiger partial charge on any atom is -0.444 e. The van der Waals surface area contributed by atoms with E-state index in [-0.39, 0.29) is 12.2 Å². The monoisotopic (exact) mass is 244 g/mol. The molecule has 1 amide bonds. The molecule has 0 aromatic carbocycles. The van der Waals surface area contributed by atoms with Crippen molar-refractivity contribution in [3.05, 3.63) is 0 Å². The van der Waals surface area contributed by atoms with Gasteiger partial charge in [0, 0.05) is 19.7 Å². The quantitative estimate of drug-likeness (QED) is 0.794. The molecule has 1 N–H and O–H groups in total. The second kappa shape index (κ2) is 5.69. The Kier molecular flexibility index (Phi) is 4.77. The van der Waals surface area contributed by atoms with E-state index in [1.54, 1.807) is 12.0 Å². The summed E-state index contributed by atoms with van der Waals surface area (Å²) in [6, 6.07) is 0.304. The first-order chi connectivity index (χ1) is 7.87. The summed E-state index contributed by atoms with van der Waals surface area (Å²) in [5, 5.41) is 3.21. The molecule has 0 aromatic rings. The molecule has 1 aliphatic heterocycles. The molecule has 1 rings (SSSR count). The first kappa shape index (κ1) is 14.3. The number of amides is 1. The van der Waals surface area contributed by atoms with Crippen LogP contribution in [0.15, 0.2) is 0 Å². The van der Waals surface area contributed by atoms with Crippen molar-refractivity contribution in [2.45, 2.75) is 44.9 Å². The zero-order valence-electron chi connectivity index (χ0n) is 11.4. The van der Waals surface area contributed by atoms with Crippen LogP contribution in [0.3, 0.4) is 0 Å². The second-order valence-corrected chi connectivity index (χ2v) is 5.38. The fourth-order valence-electron chi connectivity index (χ4n) is 1.98. The van der Waals surface area contributed by atoms with Gasteiger partial charge in [-0.1, -0.05) is 0 Å². The highest BCUT2D eigenvalue weighted by atomic mass is 16.6. The van der Waals surface area contributed by atoms with E-state index in [1.165, 1.54) is 0 Å². The normalized spacial score (nSPS) is 25.8. The van der Waals surface area contributed by atoms with E-state index in [0.717, 1.165) is 6.42 Å². The van der Waals surface area contributed by atoms with Crippen molar-refractivity contribution >= 4 is 6.09 Å². The number of likely N-dealkylation sites (N-methyl/N-ethyl adjacent to an activating group) is 1. The second-order valence-electron chi connectivity index (χ2n) is 5.38. The number of ether oxygens (including phenoxy) is 2. The van der Waals surface area contributed by atoms with E-state index in [2.05, 4.69) is 5.32 Å². The third-order valence-electron chi connectivity index (χ3n) is 2.88. The molecule has 0 aromatic heterocycles. The van der Waals surface area contributed by atoms with Crippen LogP contribution in [0.5, 0.6) is 0 Å². The fraction of sp³-hybridized carbons (Fsp3) is 0.917. The largest absolute Gasteiger partial charge is 0.444 e. The van der Waals surface area contributed by atoms with Crippen LogP contribution in [0, 0.1) is 0 Å². The van der Waals surface area contributed by atoms with Gasteiger partial charge in [0.05, 0.1) is 12.6 Å². The topological polar surface area (TPSA) is 50.8 Å². The van der Waals surface area contributed by atoms with E-state index in [1.807, 2.05) is 27.8 Å². The highest BCUT2D eigenvalue weighted by molar-refractivity contribution is 5.68. The van der Waals surface area contributed by atoms with Crippen LogP contribution in [0.1, 0.15) is 27.2 Å². The van der Waals surface area contributed by atoms with Crippen LogP contribution >= 0.6 is 0 Å². The summed E-state index contributed by atoms with van der Waals surface area (Å²) in [6.45, 7) is 6.91. The Morgan fingerprint density at radius 3 is 2.53 bits per heavy atom. The number of rotatable bonds is 2. The third-order valence-corrected chi connectivity index (χ3v) is 2.88. The summed E-state index contributed by atoms with van der Waals surface area (Å²) in [6.07, 6.45) is 0.657. The molecule has 1 fully saturated rings. The van der Waals surface area contributed by atoms with Gasteiger partial charge in [-0.15, -0.1) is 0 Å². The number of piperidine rings is 1. The van der Waals surface area contributed by atoms with E-state index < -0.39 is 5.60 Å². The predicted octanol–water partition coefficient (Wildman–Crippen LogP) is 1.23. The summed E-state index contributed by atoms with van der Waals surface area (Å²) in [4.78, 5) is 13.6. The minimum absolute atomic E-state index is 0.0290. The number of carbonyl (C=O) groups excluding carboxylic acids is 1. The molecule has 2 unspecified atom stereocenters. The van der Waals surface area contributed by atoms with Gasteiger partial charge in [0.1, 0.15) is 5.60 Å². The summed E-state index contributed by atoms with van der Waals surface area (Å²) < 4.78 is 10.7. The Bertz CT molecular complexity index is 263. The molecular weight excluding hydrogens is 220 g/mol. The third kappa shape index (κ3) is 4.16. The van der Waals surface area contributed by atoms with Crippen LogP contribution < -0.4 is 5.32 Å². The molecule has 0 saturated carbocycles. The maximum atomic E-state index is 11.9. The van der Waals surface area contributed by atoms with Crippen LogP contribution in [-0.2, 0) is 9.47 Å². The van der Waals surface area contributed by atoms with Gasteiger partial charge >= 0.3 is 6.09 Å². The van der Waals surface area contributed by atoms with Crippen molar-refractivity contribution < 1.29 is 14.3 Å². The average molecular weight is 244 g/mol. The van der Waals surface area contributed by atoms with Crippen LogP contribution in [0.2, 0.25) is 0 Å². The molecule has 0 bridgehead atoms. The van der Waals surface area contributed by atoms with Gasteiger partial charge in [0.25, 0.3) is 0 Å². The van der Waals surface area contributed by atoms with Crippen molar-refractivity contribution in [3.8, 4) is 0 Å². The Hall–Kier alpha value is -0.810. The molecule has 2 atom stereocenters. The van der Waals surface area contributed by atoms with Crippen LogP contribution in [0.4, 0.5) is 4.79 Å². The molecule has 1 aliphatic rings. The number of methoxy groups -OCH3 is 1. The number of carbonyl (C=O) groups is 1. The van der Waals surface area contributed by atoms with E-state index in [4.69, 9.17) is 9.47 Å². The summed E-state index contributed by atoms with van der Waals surface area (Å²) >= 11 is 0. The Balaban J connectivity index is 2.54. The summed E-state index contributed by atoms with van der Waals surface area (Å²) in [7, 11) is 3.59. The highest BCUT2D eigenvalue weighted by Crippen LogP contribution is 2.17. The fourth-order valence-corrected chi connectivity index (χ4v) is 1.98. The Morgan fingerprint density at radius 1 is 1.41 bits per heavy atom. The van der Waals surface area contributed by atoms with E-state index in [9.17, 15) is 4.79 Å². The Morgan fingerprint density at radius 2 is 2.06 bits per heavy atom. The maximum Gasteiger partial charge on any atom is 0.410 e. The van der Waals surface area contributed by atoms with Gasteiger partial charge in [-0.25, -0.2) is 4.79 Å². The van der Waals surface area contributed by atoms with Gasteiger partial charge in [-0.2, -0.15) is 0 Å². The van der Waals surface area contributed by atoms with Crippen molar-refractivity contribution in [1.82, 2.24) is 10.2 Å². The summed E-state index contributed by atoms with van der Waals surface area (Å²) in [5.74, 6) is 0. The Labute approximate surface area is 103 Å². The van der Waals surface area contributed by atoms with E-state index >= 15 is 0 Å². The van der Waals surface area contributed by atoms with Crippen molar-refractivity contribution in [2.24, 2.45) is 0 Å². The number of nitrogens with zero attached hydrogens (tertiary/aromatic N) is 1. The molecule has 17 heavy (non-hydrogen) atoms. The van der Waals surface area contributed by atoms with Gasteiger partial charge in [0.2, 0.25) is 0 Å². The lowest BCUT2D eigenvalue weighted by atomic mass is 10.0. The van der Waals surface area contributed by atoms with Crippen molar-refractivity contribution in [3.63, 3.8) is 0 Å². The lowest BCUT2D eigenvalue weighted by Crippen LogP contribution is -2.54. The lowest BCUT2D eigenvalue weighted by molar-refractivity contribution is -0.0170. The lowest BCUT2D eigenvalue weighted by Gasteiger charge is -2.38. The molecule has 5 nitrogen and oxygen atoms in total. The predicted molar refractivity (Wildman–Crippen MR) is 66.1 cm³/mol. The minimum atomic E-state index is -0.445. The SMILES string of the molecule is CNC1CCN(C(=O)OC(C)(C)C)CC1OC. The van der Waals surface area contributed by atoms with Crippen molar-refractivity contribution in [2.75, 3.05) is 27.2 Å². The van der Waals surface area contributed by atoms with Gasteiger partial charge < -0.3 is 19.7 Å². The maximum absolute atomic E-state index is 11.9. The zero-order chi connectivity index (χ0) is 13.1.